The number of aliphatic hydroxyl groups excluding tert-OH is 1. The quantitative estimate of drug-likeness (QED) is 0.744. The zero-order valence-corrected chi connectivity index (χ0v) is 9.14. The SMILES string of the molecule is Cc1cc(NC(=O)CN2CC(CO)C2)on1. The molecule has 1 amide bonds. The molecule has 0 aromatic carbocycles. The molecule has 2 N–H and O–H groups in total. The highest BCUT2D eigenvalue weighted by Crippen LogP contribution is 2.14. The average Bonchev–Trinajstić information content (AvgIpc) is 2.57. The van der Waals surface area contributed by atoms with Gasteiger partial charge in [-0.25, -0.2) is 0 Å². The molecule has 0 spiro atoms. The van der Waals surface area contributed by atoms with Crippen molar-refractivity contribution in [1.82, 2.24) is 10.1 Å². The molecule has 0 saturated carbocycles. The predicted molar refractivity (Wildman–Crippen MR) is 56.9 cm³/mol. The Labute approximate surface area is 93.2 Å². The molecule has 6 nitrogen and oxygen atoms in total. The monoisotopic (exact) mass is 225 g/mol. The number of hydrogen-bond acceptors (Lipinski definition) is 5. The molecule has 0 aliphatic carbocycles. The zero-order valence-electron chi connectivity index (χ0n) is 9.14. The van der Waals surface area contributed by atoms with E-state index in [0.717, 1.165) is 18.8 Å². The van der Waals surface area contributed by atoms with Crippen LogP contribution in [0.4, 0.5) is 5.88 Å². The largest absolute Gasteiger partial charge is 0.396 e. The number of nitrogens with zero attached hydrogens (tertiary/aromatic N) is 2. The summed E-state index contributed by atoms with van der Waals surface area (Å²) in [6.45, 7) is 3.87. The van der Waals surface area contributed by atoms with Gasteiger partial charge in [0.15, 0.2) is 0 Å². The van der Waals surface area contributed by atoms with Gasteiger partial charge in [0.1, 0.15) is 0 Å². The summed E-state index contributed by atoms with van der Waals surface area (Å²) >= 11 is 0. The van der Waals surface area contributed by atoms with Gasteiger partial charge in [0.25, 0.3) is 0 Å². The molecular weight excluding hydrogens is 210 g/mol. The second-order valence-corrected chi connectivity index (χ2v) is 4.12. The maximum Gasteiger partial charge on any atom is 0.240 e. The van der Waals surface area contributed by atoms with Gasteiger partial charge in [0.2, 0.25) is 11.8 Å². The smallest absolute Gasteiger partial charge is 0.240 e. The van der Waals surface area contributed by atoms with E-state index in [2.05, 4.69) is 10.5 Å². The second kappa shape index (κ2) is 4.63. The average molecular weight is 225 g/mol. The van der Waals surface area contributed by atoms with Crippen LogP contribution >= 0.6 is 0 Å². The van der Waals surface area contributed by atoms with Gasteiger partial charge in [-0.15, -0.1) is 0 Å². The Morgan fingerprint density at radius 3 is 3.06 bits per heavy atom. The third-order valence-corrected chi connectivity index (χ3v) is 2.55. The van der Waals surface area contributed by atoms with Crippen LogP contribution in [0.5, 0.6) is 0 Å². The summed E-state index contributed by atoms with van der Waals surface area (Å²) in [6, 6.07) is 1.67. The lowest BCUT2D eigenvalue weighted by molar-refractivity contribution is -0.119. The molecule has 2 heterocycles. The van der Waals surface area contributed by atoms with Crippen molar-refractivity contribution in [3.8, 4) is 0 Å². The Bertz CT molecular complexity index is 371. The first-order chi connectivity index (χ1) is 7.67. The van der Waals surface area contributed by atoms with Crippen molar-refractivity contribution in [2.24, 2.45) is 5.92 Å². The molecule has 1 fully saturated rings. The summed E-state index contributed by atoms with van der Waals surface area (Å²) < 4.78 is 4.87. The number of rotatable bonds is 4. The van der Waals surface area contributed by atoms with Crippen molar-refractivity contribution in [3.05, 3.63) is 11.8 Å². The van der Waals surface area contributed by atoms with Gasteiger partial charge in [-0.05, 0) is 6.92 Å². The zero-order chi connectivity index (χ0) is 11.5. The van der Waals surface area contributed by atoms with Crippen LogP contribution in [0.2, 0.25) is 0 Å². The van der Waals surface area contributed by atoms with Gasteiger partial charge in [0, 0.05) is 31.7 Å². The highest BCUT2D eigenvalue weighted by Gasteiger charge is 2.27. The van der Waals surface area contributed by atoms with E-state index in [1.165, 1.54) is 0 Å². The molecule has 1 aliphatic heterocycles. The van der Waals surface area contributed by atoms with Crippen LogP contribution in [-0.2, 0) is 4.79 Å². The molecule has 1 aliphatic rings. The maximum atomic E-state index is 11.5. The fourth-order valence-electron chi connectivity index (χ4n) is 1.72. The lowest BCUT2D eigenvalue weighted by Gasteiger charge is -2.37. The Morgan fingerprint density at radius 1 is 1.75 bits per heavy atom. The highest BCUT2D eigenvalue weighted by atomic mass is 16.5. The van der Waals surface area contributed by atoms with Gasteiger partial charge in [-0.3, -0.25) is 15.0 Å². The molecule has 88 valence electrons. The number of carbonyl (C=O) groups is 1. The molecule has 1 saturated heterocycles. The summed E-state index contributed by atoms with van der Waals surface area (Å²) in [7, 11) is 0. The number of aliphatic hydroxyl groups is 1. The van der Waals surface area contributed by atoms with Gasteiger partial charge in [-0.1, -0.05) is 5.16 Å². The van der Waals surface area contributed by atoms with Crippen LogP contribution in [0.1, 0.15) is 5.69 Å². The Morgan fingerprint density at radius 2 is 2.50 bits per heavy atom. The van der Waals surface area contributed by atoms with E-state index in [4.69, 9.17) is 9.63 Å². The van der Waals surface area contributed by atoms with Crippen molar-refractivity contribution >= 4 is 11.8 Å². The molecular formula is C10H15N3O3. The fourth-order valence-corrected chi connectivity index (χ4v) is 1.72. The minimum Gasteiger partial charge on any atom is -0.396 e. The number of anilines is 1. The summed E-state index contributed by atoms with van der Waals surface area (Å²) in [5, 5.41) is 15.1. The number of aromatic nitrogens is 1. The summed E-state index contributed by atoms with van der Waals surface area (Å²) in [6.07, 6.45) is 0. The van der Waals surface area contributed by atoms with Crippen molar-refractivity contribution in [1.29, 1.82) is 0 Å². The van der Waals surface area contributed by atoms with Crippen LogP contribution < -0.4 is 5.32 Å². The first-order valence-electron chi connectivity index (χ1n) is 5.23. The first kappa shape index (κ1) is 11.1. The molecule has 0 unspecified atom stereocenters. The van der Waals surface area contributed by atoms with E-state index in [1.807, 2.05) is 4.90 Å². The third-order valence-electron chi connectivity index (χ3n) is 2.55. The number of aryl methyl sites for hydroxylation is 1. The molecule has 0 atom stereocenters. The molecule has 6 heteroatoms. The number of amides is 1. The maximum absolute atomic E-state index is 11.5. The van der Waals surface area contributed by atoms with Gasteiger partial charge in [0.05, 0.1) is 12.2 Å². The minimum atomic E-state index is -0.118. The van der Waals surface area contributed by atoms with E-state index in [9.17, 15) is 4.79 Å². The van der Waals surface area contributed by atoms with Crippen molar-refractivity contribution < 1.29 is 14.4 Å². The second-order valence-electron chi connectivity index (χ2n) is 4.12. The van der Waals surface area contributed by atoms with E-state index in [0.29, 0.717) is 18.3 Å². The highest BCUT2D eigenvalue weighted by molar-refractivity contribution is 5.91. The number of hydrogen-bond donors (Lipinski definition) is 2. The lowest BCUT2D eigenvalue weighted by atomic mass is 10.0. The number of carbonyl (C=O) groups excluding carboxylic acids is 1. The van der Waals surface area contributed by atoms with Crippen LogP contribution in [0.25, 0.3) is 0 Å². The Balaban J connectivity index is 1.73. The first-order valence-corrected chi connectivity index (χ1v) is 5.23. The van der Waals surface area contributed by atoms with Crippen molar-refractivity contribution in [3.63, 3.8) is 0 Å². The lowest BCUT2D eigenvalue weighted by Crippen LogP contribution is -2.51. The molecule has 2 rings (SSSR count). The van der Waals surface area contributed by atoms with Gasteiger partial charge in [-0.2, -0.15) is 0 Å². The summed E-state index contributed by atoms with van der Waals surface area (Å²) in [5.41, 5.74) is 0.736. The number of likely N-dealkylation sites (tertiary alicyclic amines) is 1. The topological polar surface area (TPSA) is 78.6 Å². The summed E-state index contributed by atoms with van der Waals surface area (Å²) in [4.78, 5) is 13.5. The number of nitrogens with one attached hydrogen (secondary N) is 1. The van der Waals surface area contributed by atoms with E-state index in [-0.39, 0.29) is 12.5 Å². The van der Waals surface area contributed by atoms with Crippen molar-refractivity contribution in [2.75, 3.05) is 31.6 Å². The molecule has 16 heavy (non-hydrogen) atoms. The van der Waals surface area contributed by atoms with Crippen LogP contribution in [0.15, 0.2) is 10.6 Å². The van der Waals surface area contributed by atoms with Crippen molar-refractivity contribution in [2.45, 2.75) is 6.92 Å². The van der Waals surface area contributed by atoms with E-state index >= 15 is 0 Å². The Kier molecular flexibility index (Phi) is 3.21. The standard InChI is InChI=1S/C10H15N3O3/c1-7-2-10(16-12-7)11-9(15)5-13-3-8(4-13)6-14/h2,8,14H,3-6H2,1H3,(H,11,15). The molecule has 1 aromatic heterocycles. The van der Waals surface area contributed by atoms with Crippen LogP contribution in [0.3, 0.4) is 0 Å². The van der Waals surface area contributed by atoms with Crippen LogP contribution in [-0.4, -0.2) is 47.3 Å². The van der Waals surface area contributed by atoms with Gasteiger partial charge < -0.3 is 9.63 Å². The minimum absolute atomic E-state index is 0.118. The normalized spacial score (nSPS) is 17.1. The molecule has 1 aromatic rings. The van der Waals surface area contributed by atoms with Gasteiger partial charge >= 0.3 is 0 Å². The predicted octanol–water partition coefficient (Wildman–Crippen LogP) is -0.154. The third kappa shape index (κ3) is 2.59. The summed E-state index contributed by atoms with van der Waals surface area (Å²) in [5.74, 6) is 0.578. The molecule has 0 bridgehead atoms. The Hall–Kier alpha value is -1.40. The van der Waals surface area contributed by atoms with E-state index < -0.39 is 0 Å². The van der Waals surface area contributed by atoms with Crippen LogP contribution in [0, 0.1) is 12.8 Å². The molecule has 0 radical (unpaired) electrons. The fraction of sp³-hybridized carbons (Fsp3) is 0.600. The van der Waals surface area contributed by atoms with E-state index in [1.54, 1.807) is 13.0 Å².